The predicted octanol–water partition coefficient (Wildman–Crippen LogP) is 1.37. The number of aliphatic hydroxyl groups excluding tert-OH is 1. The lowest BCUT2D eigenvalue weighted by Crippen LogP contribution is -2.38. The lowest BCUT2D eigenvalue weighted by atomic mass is 9.93. The van der Waals surface area contributed by atoms with Crippen LogP contribution in [-0.2, 0) is 11.2 Å². The summed E-state index contributed by atoms with van der Waals surface area (Å²) in [6, 6.07) is 4.19. The Morgan fingerprint density at radius 3 is 2.82 bits per heavy atom. The Hall–Kier alpha value is -1.29. The SMILES string of the molecule is O=C(CCc1ccc[nH]1)NC1CCC(O)CC1. The highest BCUT2D eigenvalue weighted by Gasteiger charge is 2.20. The van der Waals surface area contributed by atoms with Crippen LogP contribution in [0.3, 0.4) is 0 Å². The molecule has 1 saturated carbocycles. The average Bonchev–Trinajstić information content (AvgIpc) is 2.83. The minimum Gasteiger partial charge on any atom is -0.393 e. The summed E-state index contributed by atoms with van der Waals surface area (Å²) in [5, 5.41) is 12.4. The van der Waals surface area contributed by atoms with Gasteiger partial charge in [0.15, 0.2) is 0 Å². The molecular weight excluding hydrogens is 216 g/mol. The molecule has 0 aromatic carbocycles. The fraction of sp³-hybridized carbons (Fsp3) is 0.615. The van der Waals surface area contributed by atoms with Gasteiger partial charge < -0.3 is 15.4 Å². The number of H-pyrrole nitrogens is 1. The van der Waals surface area contributed by atoms with Crippen molar-refractivity contribution in [1.82, 2.24) is 10.3 Å². The van der Waals surface area contributed by atoms with Crippen LogP contribution in [-0.4, -0.2) is 28.1 Å². The normalized spacial score (nSPS) is 24.5. The number of carbonyl (C=O) groups is 1. The molecule has 2 rings (SSSR count). The number of aryl methyl sites for hydroxylation is 1. The van der Waals surface area contributed by atoms with Gasteiger partial charge in [0.05, 0.1) is 6.10 Å². The lowest BCUT2D eigenvalue weighted by molar-refractivity contribution is -0.122. The lowest BCUT2D eigenvalue weighted by Gasteiger charge is -2.26. The van der Waals surface area contributed by atoms with Crippen molar-refractivity contribution in [2.45, 2.75) is 50.7 Å². The van der Waals surface area contributed by atoms with E-state index in [9.17, 15) is 9.90 Å². The summed E-state index contributed by atoms with van der Waals surface area (Å²) in [5.41, 5.74) is 1.10. The smallest absolute Gasteiger partial charge is 0.220 e. The summed E-state index contributed by atoms with van der Waals surface area (Å²) >= 11 is 0. The Labute approximate surface area is 101 Å². The van der Waals surface area contributed by atoms with Gasteiger partial charge in [0.2, 0.25) is 5.91 Å². The van der Waals surface area contributed by atoms with Crippen LogP contribution in [0.5, 0.6) is 0 Å². The molecule has 0 radical (unpaired) electrons. The largest absolute Gasteiger partial charge is 0.393 e. The number of aromatic amines is 1. The molecular formula is C13H20N2O2. The second kappa shape index (κ2) is 5.87. The Bertz CT molecular complexity index is 340. The summed E-state index contributed by atoms with van der Waals surface area (Å²) in [7, 11) is 0. The fourth-order valence-electron chi connectivity index (χ4n) is 2.29. The highest BCUT2D eigenvalue weighted by atomic mass is 16.3. The van der Waals surface area contributed by atoms with E-state index in [1.54, 1.807) is 0 Å². The molecule has 0 saturated heterocycles. The second-order valence-electron chi connectivity index (χ2n) is 4.77. The topological polar surface area (TPSA) is 65.1 Å². The van der Waals surface area contributed by atoms with Crippen LogP contribution in [0, 0.1) is 0 Å². The van der Waals surface area contributed by atoms with Gasteiger partial charge in [0, 0.05) is 24.4 Å². The number of aromatic nitrogens is 1. The first kappa shape index (κ1) is 12.2. The maximum atomic E-state index is 11.7. The van der Waals surface area contributed by atoms with Crippen molar-refractivity contribution in [3.05, 3.63) is 24.0 Å². The molecule has 94 valence electrons. The molecule has 1 aliphatic carbocycles. The van der Waals surface area contributed by atoms with Gasteiger partial charge in [-0.15, -0.1) is 0 Å². The van der Waals surface area contributed by atoms with Gasteiger partial charge in [0.1, 0.15) is 0 Å². The van der Waals surface area contributed by atoms with E-state index < -0.39 is 0 Å². The maximum Gasteiger partial charge on any atom is 0.220 e. The van der Waals surface area contributed by atoms with Gasteiger partial charge >= 0.3 is 0 Å². The zero-order valence-electron chi connectivity index (χ0n) is 9.98. The van der Waals surface area contributed by atoms with E-state index in [1.807, 2.05) is 18.3 Å². The van der Waals surface area contributed by atoms with Crippen molar-refractivity contribution in [2.24, 2.45) is 0 Å². The Kier molecular flexibility index (Phi) is 4.20. The van der Waals surface area contributed by atoms with Gasteiger partial charge in [-0.1, -0.05) is 0 Å². The van der Waals surface area contributed by atoms with E-state index in [4.69, 9.17) is 0 Å². The van der Waals surface area contributed by atoms with Crippen molar-refractivity contribution in [3.63, 3.8) is 0 Å². The first-order valence-corrected chi connectivity index (χ1v) is 6.34. The molecule has 0 spiro atoms. The number of nitrogens with one attached hydrogen (secondary N) is 2. The molecule has 0 unspecified atom stereocenters. The molecule has 0 atom stereocenters. The first-order valence-electron chi connectivity index (χ1n) is 6.34. The van der Waals surface area contributed by atoms with E-state index in [0.29, 0.717) is 6.42 Å². The van der Waals surface area contributed by atoms with Crippen molar-refractivity contribution < 1.29 is 9.90 Å². The van der Waals surface area contributed by atoms with Crippen LogP contribution < -0.4 is 5.32 Å². The molecule has 4 heteroatoms. The van der Waals surface area contributed by atoms with Crippen molar-refractivity contribution in [1.29, 1.82) is 0 Å². The van der Waals surface area contributed by atoms with Crippen LogP contribution in [0.2, 0.25) is 0 Å². The quantitative estimate of drug-likeness (QED) is 0.739. The fourth-order valence-corrected chi connectivity index (χ4v) is 2.29. The number of rotatable bonds is 4. The number of hydrogen-bond acceptors (Lipinski definition) is 2. The number of aliphatic hydroxyl groups is 1. The Balaban J connectivity index is 1.67. The van der Waals surface area contributed by atoms with Gasteiger partial charge in [-0.05, 0) is 44.2 Å². The Morgan fingerprint density at radius 2 is 2.18 bits per heavy atom. The number of hydrogen-bond donors (Lipinski definition) is 3. The number of carbonyl (C=O) groups excluding carboxylic acids is 1. The summed E-state index contributed by atoms with van der Waals surface area (Å²) in [6.07, 6.45) is 6.40. The zero-order valence-corrected chi connectivity index (χ0v) is 9.98. The number of amides is 1. The summed E-state index contributed by atoms with van der Waals surface area (Å²) in [4.78, 5) is 14.8. The van der Waals surface area contributed by atoms with Gasteiger partial charge in [-0.25, -0.2) is 0 Å². The molecule has 4 nitrogen and oxygen atoms in total. The van der Waals surface area contributed by atoms with Gasteiger partial charge in [-0.2, -0.15) is 0 Å². The van der Waals surface area contributed by atoms with Crippen LogP contribution in [0.4, 0.5) is 0 Å². The molecule has 1 aliphatic rings. The zero-order chi connectivity index (χ0) is 12.1. The maximum absolute atomic E-state index is 11.7. The molecule has 0 bridgehead atoms. The first-order chi connectivity index (χ1) is 8.24. The molecule has 1 amide bonds. The van der Waals surface area contributed by atoms with E-state index in [-0.39, 0.29) is 18.1 Å². The van der Waals surface area contributed by atoms with E-state index in [0.717, 1.165) is 37.8 Å². The monoisotopic (exact) mass is 236 g/mol. The third kappa shape index (κ3) is 3.89. The third-order valence-corrected chi connectivity index (χ3v) is 3.35. The van der Waals surface area contributed by atoms with Gasteiger partial charge in [0.25, 0.3) is 0 Å². The van der Waals surface area contributed by atoms with Crippen molar-refractivity contribution in [3.8, 4) is 0 Å². The molecule has 1 aromatic heterocycles. The Morgan fingerprint density at radius 1 is 1.41 bits per heavy atom. The van der Waals surface area contributed by atoms with Crippen LogP contribution in [0.15, 0.2) is 18.3 Å². The van der Waals surface area contributed by atoms with Crippen LogP contribution >= 0.6 is 0 Å². The summed E-state index contributed by atoms with van der Waals surface area (Å²) < 4.78 is 0. The average molecular weight is 236 g/mol. The highest BCUT2D eigenvalue weighted by molar-refractivity contribution is 5.76. The minimum atomic E-state index is -0.165. The molecule has 3 N–H and O–H groups in total. The second-order valence-corrected chi connectivity index (χ2v) is 4.77. The minimum absolute atomic E-state index is 0.112. The standard InChI is InChI=1S/C13H20N2O2/c16-12-6-3-11(4-7-12)15-13(17)8-5-10-2-1-9-14-10/h1-2,9,11-12,14,16H,3-8H2,(H,15,17). The molecule has 0 aliphatic heterocycles. The van der Waals surface area contributed by atoms with Crippen LogP contribution in [0.1, 0.15) is 37.8 Å². The van der Waals surface area contributed by atoms with E-state index >= 15 is 0 Å². The summed E-state index contributed by atoms with van der Waals surface area (Å²) in [5.74, 6) is 0.112. The molecule has 17 heavy (non-hydrogen) atoms. The van der Waals surface area contributed by atoms with Crippen molar-refractivity contribution >= 4 is 5.91 Å². The highest BCUT2D eigenvalue weighted by Crippen LogP contribution is 2.18. The summed E-state index contributed by atoms with van der Waals surface area (Å²) in [6.45, 7) is 0. The van der Waals surface area contributed by atoms with Crippen molar-refractivity contribution in [2.75, 3.05) is 0 Å². The van der Waals surface area contributed by atoms with E-state index in [2.05, 4.69) is 10.3 Å². The molecule has 1 aromatic rings. The molecule has 1 heterocycles. The predicted molar refractivity (Wildman–Crippen MR) is 65.5 cm³/mol. The van der Waals surface area contributed by atoms with E-state index in [1.165, 1.54) is 0 Å². The third-order valence-electron chi connectivity index (χ3n) is 3.35. The van der Waals surface area contributed by atoms with Crippen LogP contribution in [0.25, 0.3) is 0 Å². The van der Waals surface area contributed by atoms with Gasteiger partial charge in [-0.3, -0.25) is 4.79 Å². The molecule has 1 fully saturated rings.